The number of ether oxygens (including phenoxy) is 2. The summed E-state index contributed by atoms with van der Waals surface area (Å²) < 4.78 is 10.3. The number of hydrogen-bond acceptors (Lipinski definition) is 4. The number of hydrogen-bond donors (Lipinski definition) is 2. The minimum atomic E-state index is -0.467. The van der Waals surface area contributed by atoms with Gasteiger partial charge in [0.05, 0.1) is 19.8 Å². The summed E-state index contributed by atoms with van der Waals surface area (Å²) in [6.45, 7) is 5.51. The molecule has 0 aliphatic carbocycles. The summed E-state index contributed by atoms with van der Waals surface area (Å²) in [5.41, 5.74) is 1.17. The predicted molar refractivity (Wildman–Crippen MR) is 71.9 cm³/mol. The molecule has 0 aromatic heterocycles. The maximum atomic E-state index is 9.65. The van der Waals surface area contributed by atoms with Crippen molar-refractivity contribution in [2.45, 2.75) is 26.0 Å². The molecule has 1 rings (SSSR count). The van der Waals surface area contributed by atoms with Gasteiger partial charge in [0, 0.05) is 19.2 Å². The fourth-order valence-corrected chi connectivity index (χ4v) is 1.64. The molecule has 0 fully saturated rings. The van der Waals surface area contributed by atoms with E-state index in [9.17, 15) is 5.11 Å². The molecule has 102 valence electrons. The van der Waals surface area contributed by atoms with Crippen LogP contribution in [0.4, 0.5) is 0 Å². The van der Waals surface area contributed by atoms with Crippen LogP contribution in [0, 0.1) is 0 Å². The van der Waals surface area contributed by atoms with Crippen LogP contribution >= 0.6 is 0 Å². The highest BCUT2D eigenvalue weighted by Crippen LogP contribution is 2.16. The quantitative estimate of drug-likeness (QED) is 0.741. The average molecular weight is 253 g/mol. The first-order valence-corrected chi connectivity index (χ1v) is 6.30. The molecular weight excluding hydrogens is 230 g/mol. The van der Waals surface area contributed by atoms with Crippen LogP contribution in [0.15, 0.2) is 24.3 Å². The van der Waals surface area contributed by atoms with Gasteiger partial charge in [0.2, 0.25) is 0 Å². The molecular formula is C14H23NO3. The van der Waals surface area contributed by atoms with Crippen molar-refractivity contribution >= 4 is 0 Å². The standard InChI is InChI=1S/C14H23NO3/c1-4-18-10-13(16)9-15-11(2)12-5-7-14(17-3)8-6-12/h5-8,11,13,15-16H,4,9-10H2,1-3H3/t11-,13?/m1/s1. The third-order valence-corrected chi connectivity index (χ3v) is 2.79. The van der Waals surface area contributed by atoms with Crippen molar-refractivity contribution in [1.82, 2.24) is 5.32 Å². The number of rotatable bonds is 8. The smallest absolute Gasteiger partial charge is 0.118 e. The van der Waals surface area contributed by atoms with Crippen LogP contribution in [0.5, 0.6) is 5.75 Å². The van der Waals surface area contributed by atoms with Crippen molar-refractivity contribution in [3.63, 3.8) is 0 Å². The highest BCUT2D eigenvalue weighted by molar-refractivity contribution is 5.28. The van der Waals surface area contributed by atoms with Gasteiger partial charge in [0.15, 0.2) is 0 Å². The van der Waals surface area contributed by atoms with Crippen LogP contribution in [0.3, 0.4) is 0 Å². The Balaban J connectivity index is 2.37. The van der Waals surface area contributed by atoms with E-state index in [0.29, 0.717) is 19.8 Å². The molecule has 1 unspecified atom stereocenters. The molecule has 0 bridgehead atoms. The first-order chi connectivity index (χ1) is 8.67. The second kappa shape index (κ2) is 8.08. The third kappa shape index (κ3) is 5.04. The van der Waals surface area contributed by atoms with Crippen molar-refractivity contribution in [2.24, 2.45) is 0 Å². The van der Waals surface area contributed by atoms with Crippen LogP contribution < -0.4 is 10.1 Å². The molecule has 0 aliphatic heterocycles. The highest BCUT2D eigenvalue weighted by atomic mass is 16.5. The molecule has 4 heteroatoms. The second-order valence-electron chi connectivity index (χ2n) is 4.22. The minimum absolute atomic E-state index is 0.187. The first-order valence-electron chi connectivity index (χ1n) is 6.30. The largest absolute Gasteiger partial charge is 0.497 e. The van der Waals surface area contributed by atoms with E-state index in [1.54, 1.807) is 7.11 Å². The lowest BCUT2D eigenvalue weighted by Gasteiger charge is -2.17. The number of nitrogens with one attached hydrogen (secondary N) is 1. The van der Waals surface area contributed by atoms with E-state index in [1.165, 1.54) is 5.56 Å². The molecule has 1 aromatic rings. The van der Waals surface area contributed by atoms with Gasteiger partial charge in [0.1, 0.15) is 5.75 Å². The van der Waals surface area contributed by atoms with Gasteiger partial charge in [-0.15, -0.1) is 0 Å². The van der Waals surface area contributed by atoms with E-state index in [1.807, 2.05) is 31.2 Å². The van der Waals surface area contributed by atoms with E-state index in [4.69, 9.17) is 9.47 Å². The van der Waals surface area contributed by atoms with Gasteiger partial charge >= 0.3 is 0 Å². The molecule has 0 amide bonds. The summed E-state index contributed by atoms with van der Waals surface area (Å²) in [5.74, 6) is 0.849. The van der Waals surface area contributed by atoms with Gasteiger partial charge in [-0.05, 0) is 31.5 Å². The van der Waals surface area contributed by atoms with Gasteiger partial charge in [-0.2, -0.15) is 0 Å². The van der Waals surface area contributed by atoms with E-state index in [2.05, 4.69) is 12.2 Å². The van der Waals surface area contributed by atoms with Crippen LogP contribution in [0.2, 0.25) is 0 Å². The molecule has 0 saturated carbocycles. The highest BCUT2D eigenvalue weighted by Gasteiger charge is 2.08. The Morgan fingerprint density at radius 3 is 2.50 bits per heavy atom. The molecule has 4 nitrogen and oxygen atoms in total. The summed E-state index contributed by atoms with van der Waals surface area (Å²) in [4.78, 5) is 0. The summed E-state index contributed by atoms with van der Waals surface area (Å²) in [5, 5.41) is 12.9. The molecule has 2 atom stereocenters. The molecule has 0 aliphatic rings. The number of aliphatic hydroxyl groups is 1. The van der Waals surface area contributed by atoms with Gasteiger partial charge in [-0.1, -0.05) is 12.1 Å². The molecule has 18 heavy (non-hydrogen) atoms. The van der Waals surface area contributed by atoms with Gasteiger partial charge in [-0.3, -0.25) is 0 Å². The molecule has 1 aromatic carbocycles. The molecule has 0 saturated heterocycles. The Morgan fingerprint density at radius 1 is 1.28 bits per heavy atom. The summed E-state index contributed by atoms with van der Waals surface area (Å²) in [6, 6.07) is 8.10. The molecule has 0 spiro atoms. The Hall–Kier alpha value is -1.10. The lowest BCUT2D eigenvalue weighted by Crippen LogP contribution is -2.32. The van der Waals surface area contributed by atoms with Crippen molar-refractivity contribution in [3.05, 3.63) is 29.8 Å². The molecule has 0 heterocycles. The lowest BCUT2D eigenvalue weighted by atomic mass is 10.1. The van der Waals surface area contributed by atoms with Crippen molar-refractivity contribution in [1.29, 1.82) is 0 Å². The van der Waals surface area contributed by atoms with Gasteiger partial charge in [-0.25, -0.2) is 0 Å². The fraction of sp³-hybridized carbons (Fsp3) is 0.571. The summed E-state index contributed by atoms with van der Waals surface area (Å²) >= 11 is 0. The van der Waals surface area contributed by atoms with Crippen LogP contribution in [0.1, 0.15) is 25.5 Å². The van der Waals surface area contributed by atoms with Gasteiger partial charge in [0.25, 0.3) is 0 Å². The SMILES string of the molecule is CCOCC(O)CN[C@H](C)c1ccc(OC)cc1. The number of benzene rings is 1. The third-order valence-electron chi connectivity index (χ3n) is 2.79. The van der Waals surface area contributed by atoms with Crippen molar-refractivity contribution in [2.75, 3.05) is 26.9 Å². The zero-order valence-corrected chi connectivity index (χ0v) is 11.3. The maximum absolute atomic E-state index is 9.65. The maximum Gasteiger partial charge on any atom is 0.118 e. The number of aliphatic hydroxyl groups excluding tert-OH is 1. The zero-order valence-electron chi connectivity index (χ0n) is 11.3. The van der Waals surface area contributed by atoms with Crippen LogP contribution in [-0.2, 0) is 4.74 Å². The first kappa shape index (κ1) is 15.0. The monoisotopic (exact) mass is 253 g/mol. The van der Waals surface area contributed by atoms with E-state index >= 15 is 0 Å². The van der Waals surface area contributed by atoms with Crippen LogP contribution in [0.25, 0.3) is 0 Å². The number of methoxy groups -OCH3 is 1. The van der Waals surface area contributed by atoms with Crippen molar-refractivity contribution in [3.8, 4) is 5.75 Å². The lowest BCUT2D eigenvalue weighted by molar-refractivity contribution is 0.0416. The predicted octanol–water partition coefficient (Wildman–Crippen LogP) is 1.74. The summed E-state index contributed by atoms with van der Waals surface area (Å²) in [6.07, 6.45) is -0.467. The van der Waals surface area contributed by atoms with E-state index < -0.39 is 6.10 Å². The van der Waals surface area contributed by atoms with Gasteiger partial charge < -0.3 is 19.9 Å². The topological polar surface area (TPSA) is 50.7 Å². The Bertz CT molecular complexity index is 326. The zero-order chi connectivity index (χ0) is 13.4. The van der Waals surface area contributed by atoms with Crippen molar-refractivity contribution < 1.29 is 14.6 Å². The molecule has 2 N–H and O–H groups in total. The Labute approximate surface area is 109 Å². The Morgan fingerprint density at radius 2 is 1.94 bits per heavy atom. The minimum Gasteiger partial charge on any atom is -0.497 e. The average Bonchev–Trinajstić information content (AvgIpc) is 2.42. The van der Waals surface area contributed by atoms with Crippen LogP contribution in [-0.4, -0.2) is 38.1 Å². The second-order valence-corrected chi connectivity index (χ2v) is 4.22. The molecule has 0 radical (unpaired) electrons. The summed E-state index contributed by atoms with van der Waals surface area (Å²) in [7, 11) is 1.65. The van der Waals surface area contributed by atoms with E-state index in [-0.39, 0.29) is 6.04 Å². The normalized spacial score (nSPS) is 14.2. The Kier molecular flexibility index (Phi) is 6.72. The van der Waals surface area contributed by atoms with E-state index in [0.717, 1.165) is 5.75 Å². The fourth-order valence-electron chi connectivity index (χ4n) is 1.64.